The fraction of sp³-hybridized carbons (Fsp3) is 0.750. The summed E-state index contributed by atoms with van der Waals surface area (Å²) in [4.78, 5) is 22.2. The average Bonchev–Trinajstić information content (AvgIpc) is 2.43. The van der Waals surface area contributed by atoms with Crippen LogP contribution >= 0.6 is 0 Å². The van der Waals surface area contributed by atoms with Crippen LogP contribution in [0.1, 0.15) is 26.2 Å². The number of amides is 3. The van der Waals surface area contributed by atoms with Gasteiger partial charge in [-0.2, -0.15) is 0 Å². The third-order valence-electron chi connectivity index (χ3n) is 2.78. The molecule has 0 aromatic carbocycles. The van der Waals surface area contributed by atoms with Crippen LogP contribution in [0.4, 0.5) is 4.79 Å². The summed E-state index contributed by atoms with van der Waals surface area (Å²) in [5.74, 6) is 0.394. The Balaban J connectivity index is 2.22. The maximum absolute atomic E-state index is 11.4. The third kappa shape index (κ3) is 0.906. The van der Waals surface area contributed by atoms with Crippen molar-refractivity contribution in [3.63, 3.8) is 0 Å². The second-order valence-electron chi connectivity index (χ2n) is 3.84. The number of carbonyl (C=O) groups excluding carboxylic acids is 2. The predicted octanol–water partition coefficient (Wildman–Crippen LogP) is 0.385. The molecule has 0 radical (unpaired) electrons. The minimum atomic E-state index is -0.559. The van der Waals surface area contributed by atoms with E-state index in [1.165, 1.54) is 0 Å². The summed E-state index contributed by atoms with van der Waals surface area (Å²) in [7, 11) is 0. The summed E-state index contributed by atoms with van der Waals surface area (Å²) < 4.78 is 0. The van der Waals surface area contributed by atoms with Gasteiger partial charge in [0.05, 0.1) is 0 Å². The molecule has 1 aliphatic carbocycles. The molecule has 1 heterocycles. The number of imide groups is 1. The molecule has 1 spiro atoms. The van der Waals surface area contributed by atoms with Crippen LogP contribution < -0.4 is 10.6 Å². The van der Waals surface area contributed by atoms with Crippen molar-refractivity contribution in [2.24, 2.45) is 5.92 Å². The van der Waals surface area contributed by atoms with Gasteiger partial charge in [0.15, 0.2) is 0 Å². The summed E-state index contributed by atoms with van der Waals surface area (Å²) in [6.07, 6.45) is 2.59. The second kappa shape index (κ2) is 2.21. The van der Waals surface area contributed by atoms with E-state index < -0.39 is 5.54 Å². The highest BCUT2D eigenvalue weighted by Crippen LogP contribution is 2.35. The average molecular weight is 168 g/mol. The first-order valence-electron chi connectivity index (χ1n) is 4.26. The van der Waals surface area contributed by atoms with E-state index in [2.05, 4.69) is 17.6 Å². The smallest absolute Gasteiger partial charge is 0.322 e. The first-order valence-corrected chi connectivity index (χ1v) is 4.26. The van der Waals surface area contributed by atoms with Crippen molar-refractivity contribution in [3.8, 4) is 0 Å². The monoisotopic (exact) mass is 168 g/mol. The Hall–Kier alpha value is -1.06. The molecule has 1 saturated carbocycles. The van der Waals surface area contributed by atoms with Gasteiger partial charge in [-0.15, -0.1) is 0 Å². The number of rotatable bonds is 0. The van der Waals surface area contributed by atoms with E-state index in [1.807, 2.05) is 0 Å². The maximum Gasteiger partial charge on any atom is 0.322 e. The standard InChI is InChI=1S/C8H12N2O2/c1-5-2-3-8(4-5)6(11)9-7(12)10-8/h5H,2-4H2,1H3,(H2,9,10,11,12). The lowest BCUT2D eigenvalue weighted by molar-refractivity contribution is -0.123. The Labute approximate surface area is 70.7 Å². The fourth-order valence-corrected chi connectivity index (χ4v) is 2.14. The van der Waals surface area contributed by atoms with E-state index in [9.17, 15) is 9.59 Å². The molecule has 2 unspecified atom stereocenters. The van der Waals surface area contributed by atoms with Crippen LogP contribution in [0.5, 0.6) is 0 Å². The first-order chi connectivity index (χ1) is 5.62. The zero-order valence-electron chi connectivity index (χ0n) is 7.02. The van der Waals surface area contributed by atoms with E-state index in [4.69, 9.17) is 0 Å². The molecule has 0 aromatic heterocycles. The van der Waals surface area contributed by atoms with Crippen molar-refractivity contribution in [1.82, 2.24) is 10.6 Å². The zero-order valence-corrected chi connectivity index (χ0v) is 7.02. The number of hydrogen-bond acceptors (Lipinski definition) is 2. The van der Waals surface area contributed by atoms with Crippen LogP contribution in [0.15, 0.2) is 0 Å². The molecule has 4 nitrogen and oxygen atoms in total. The van der Waals surface area contributed by atoms with Crippen molar-refractivity contribution in [2.45, 2.75) is 31.7 Å². The molecule has 3 amide bonds. The van der Waals surface area contributed by atoms with Crippen molar-refractivity contribution in [3.05, 3.63) is 0 Å². The molecule has 1 saturated heterocycles. The van der Waals surface area contributed by atoms with Crippen LogP contribution in [0.25, 0.3) is 0 Å². The van der Waals surface area contributed by atoms with E-state index in [0.29, 0.717) is 5.92 Å². The van der Waals surface area contributed by atoms with Crippen LogP contribution in [0.2, 0.25) is 0 Å². The highest BCUT2D eigenvalue weighted by Gasteiger charge is 2.49. The van der Waals surface area contributed by atoms with Gasteiger partial charge < -0.3 is 5.32 Å². The summed E-state index contributed by atoms with van der Waals surface area (Å²) >= 11 is 0. The number of nitrogens with one attached hydrogen (secondary N) is 2. The lowest BCUT2D eigenvalue weighted by atomic mass is 9.97. The Bertz CT molecular complexity index is 251. The molecule has 2 rings (SSSR count). The summed E-state index contributed by atoms with van der Waals surface area (Å²) in [5, 5.41) is 4.99. The van der Waals surface area contributed by atoms with Gasteiger partial charge in [-0.25, -0.2) is 4.79 Å². The SMILES string of the molecule is CC1CCC2(C1)NC(=O)NC2=O. The largest absolute Gasteiger partial charge is 0.323 e. The van der Waals surface area contributed by atoms with Crippen LogP contribution in [-0.2, 0) is 4.79 Å². The Morgan fingerprint density at radius 1 is 1.50 bits per heavy atom. The topological polar surface area (TPSA) is 58.2 Å². The lowest BCUT2D eigenvalue weighted by Crippen LogP contribution is -2.44. The van der Waals surface area contributed by atoms with E-state index in [-0.39, 0.29) is 11.9 Å². The van der Waals surface area contributed by atoms with Gasteiger partial charge in [0, 0.05) is 0 Å². The van der Waals surface area contributed by atoms with Gasteiger partial charge in [-0.3, -0.25) is 10.1 Å². The molecule has 2 N–H and O–H groups in total. The fourth-order valence-electron chi connectivity index (χ4n) is 2.14. The maximum atomic E-state index is 11.4. The highest BCUT2D eigenvalue weighted by molar-refractivity contribution is 6.07. The van der Waals surface area contributed by atoms with Gasteiger partial charge in [-0.1, -0.05) is 6.92 Å². The molecule has 4 heteroatoms. The van der Waals surface area contributed by atoms with Gasteiger partial charge in [-0.05, 0) is 25.2 Å². The molecule has 12 heavy (non-hydrogen) atoms. The van der Waals surface area contributed by atoms with Gasteiger partial charge in [0.2, 0.25) is 0 Å². The van der Waals surface area contributed by atoms with Crippen LogP contribution in [0, 0.1) is 5.92 Å². The van der Waals surface area contributed by atoms with Gasteiger partial charge in [0.25, 0.3) is 5.91 Å². The van der Waals surface area contributed by atoms with Crippen molar-refractivity contribution in [1.29, 1.82) is 0 Å². The summed E-state index contributed by atoms with van der Waals surface area (Å²) in [5.41, 5.74) is -0.559. The summed E-state index contributed by atoms with van der Waals surface area (Å²) in [6.45, 7) is 2.10. The Morgan fingerprint density at radius 2 is 2.25 bits per heavy atom. The second-order valence-corrected chi connectivity index (χ2v) is 3.84. The molecule has 2 aliphatic rings. The van der Waals surface area contributed by atoms with Crippen molar-refractivity contribution >= 4 is 11.9 Å². The van der Waals surface area contributed by atoms with E-state index in [1.54, 1.807) is 0 Å². The Kier molecular flexibility index (Phi) is 1.40. The number of hydrogen-bond donors (Lipinski definition) is 2. The summed E-state index contributed by atoms with van der Waals surface area (Å²) in [6, 6.07) is -0.339. The molecule has 2 atom stereocenters. The van der Waals surface area contributed by atoms with Gasteiger partial charge >= 0.3 is 6.03 Å². The third-order valence-corrected chi connectivity index (χ3v) is 2.78. The molecule has 0 bridgehead atoms. The molecule has 0 aromatic rings. The first kappa shape index (κ1) is 7.58. The van der Waals surface area contributed by atoms with Crippen molar-refractivity contribution in [2.75, 3.05) is 0 Å². The lowest BCUT2D eigenvalue weighted by Gasteiger charge is -2.18. The molecule has 2 fully saturated rings. The quantitative estimate of drug-likeness (QED) is 0.514. The minimum Gasteiger partial charge on any atom is -0.323 e. The molecular formula is C8H12N2O2. The molecule has 1 aliphatic heterocycles. The predicted molar refractivity (Wildman–Crippen MR) is 42.4 cm³/mol. The Morgan fingerprint density at radius 3 is 2.67 bits per heavy atom. The van der Waals surface area contributed by atoms with Crippen LogP contribution in [0.3, 0.4) is 0 Å². The number of carbonyl (C=O) groups is 2. The number of urea groups is 1. The van der Waals surface area contributed by atoms with Crippen LogP contribution in [-0.4, -0.2) is 17.5 Å². The highest BCUT2D eigenvalue weighted by atomic mass is 16.2. The molecular weight excluding hydrogens is 156 g/mol. The zero-order chi connectivity index (χ0) is 8.77. The van der Waals surface area contributed by atoms with E-state index >= 15 is 0 Å². The normalized spacial score (nSPS) is 40.2. The molecule has 66 valence electrons. The van der Waals surface area contributed by atoms with Gasteiger partial charge in [0.1, 0.15) is 5.54 Å². The van der Waals surface area contributed by atoms with Crippen molar-refractivity contribution < 1.29 is 9.59 Å². The van der Waals surface area contributed by atoms with E-state index in [0.717, 1.165) is 19.3 Å². The minimum absolute atomic E-state index is 0.142.